The quantitative estimate of drug-likeness (QED) is 0.337. The molecule has 1 aromatic heterocycles. The second-order valence-corrected chi connectivity index (χ2v) is 7.37. The van der Waals surface area contributed by atoms with E-state index in [1.165, 1.54) is 0 Å². The maximum atomic E-state index is 5.91. The van der Waals surface area contributed by atoms with Crippen LogP contribution in [0.4, 0.5) is 5.82 Å². The minimum atomic E-state index is 0. The Kier molecular flexibility index (Phi) is 9.80. The van der Waals surface area contributed by atoms with Crippen molar-refractivity contribution in [2.75, 3.05) is 31.6 Å². The summed E-state index contributed by atoms with van der Waals surface area (Å²) >= 11 is 5.91. The van der Waals surface area contributed by atoms with Gasteiger partial charge in [-0.15, -0.1) is 24.0 Å². The number of anilines is 1. The Morgan fingerprint density at radius 1 is 1.24 bits per heavy atom. The topological polar surface area (TPSA) is 61.8 Å². The van der Waals surface area contributed by atoms with Crippen LogP contribution in [0.25, 0.3) is 0 Å². The lowest BCUT2D eigenvalue weighted by molar-refractivity contribution is 0.223. The molecule has 1 fully saturated rings. The Bertz CT molecular complexity index is 751. The number of hydrogen-bond acceptors (Lipinski definition) is 4. The smallest absolute Gasteiger partial charge is 0.191 e. The Hall–Kier alpha value is -1.74. The highest BCUT2D eigenvalue weighted by molar-refractivity contribution is 14.0. The molecule has 2 aromatic rings. The normalized spacial score (nSPS) is 16.0. The molecule has 1 aromatic carbocycles. The fraction of sp³-hybridized carbons (Fsp3) is 0.429. The SMILES string of the molecule is CN=C(NCC(C)Oc1ccc(Cl)cc1)NC1CCN(c2ccccn2)CC1.I. The van der Waals surface area contributed by atoms with Crippen molar-refractivity contribution < 1.29 is 4.74 Å². The second-order valence-electron chi connectivity index (χ2n) is 6.93. The molecule has 1 saturated heterocycles. The summed E-state index contributed by atoms with van der Waals surface area (Å²) in [7, 11) is 1.79. The van der Waals surface area contributed by atoms with Crippen LogP contribution in [0.3, 0.4) is 0 Å². The third-order valence-electron chi connectivity index (χ3n) is 4.74. The maximum Gasteiger partial charge on any atom is 0.191 e. The lowest BCUT2D eigenvalue weighted by Gasteiger charge is -2.33. The molecule has 1 aliphatic rings. The highest BCUT2D eigenvalue weighted by atomic mass is 127. The molecule has 158 valence electrons. The summed E-state index contributed by atoms with van der Waals surface area (Å²) in [6.45, 7) is 4.67. The van der Waals surface area contributed by atoms with Crippen LogP contribution in [0.5, 0.6) is 5.75 Å². The molecule has 0 saturated carbocycles. The average molecular weight is 530 g/mol. The number of rotatable bonds is 6. The summed E-state index contributed by atoms with van der Waals surface area (Å²) in [4.78, 5) is 11.1. The molecule has 2 N–H and O–H groups in total. The van der Waals surface area contributed by atoms with Crippen molar-refractivity contribution in [3.8, 4) is 5.75 Å². The van der Waals surface area contributed by atoms with E-state index in [-0.39, 0.29) is 30.1 Å². The number of aliphatic imine (C=N–C) groups is 1. The monoisotopic (exact) mass is 529 g/mol. The molecular weight excluding hydrogens is 501 g/mol. The first-order chi connectivity index (χ1) is 13.6. The number of guanidine groups is 1. The van der Waals surface area contributed by atoms with Crippen molar-refractivity contribution in [2.24, 2.45) is 4.99 Å². The largest absolute Gasteiger partial charge is 0.489 e. The van der Waals surface area contributed by atoms with E-state index in [2.05, 4.69) is 31.6 Å². The maximum absolute atomic E-state index is 5.91. The lowest BCUT2D eigenvalue weighted by atomic mass is 10.1. The summed E-state index contributed by atoms with van der Waals surface area (Å²) in [6, 6.07) is 13.9. The molecule has 29 heavy (non-hydrogen) atoms. The zero-order valence-corrected chi connectivity index (χ0v) is 19.9. The minimum absolute atomic E-state index is 0. The summed E-state index contributed by atoms with van der Waals surface area (Å²) in [5, 5.41) is 7.58. The molecule has 1 unspecified atom stereocenters. The van der Waals surface area contributed by atoms with Gasteiger partial charge in [-0.05, 0) is 56.2 Å². The summed E-state index contributed by atoms with van der Waals surface area (Å²) in [5.74, 6) is 2.67. The third kappa shape index (κ3) is 7.54. The standard InChI is InChI=1S/C21H28ClN5O.HI/c1-16(28-19-8-6-17(22)7-9-19)15-25-21(23-2)26-18-10-13-27(14-11-18)20-5-3-4-12-24-20;/h3-9,12,16,18H,10-11,13-15H2,1-2H3,(H2,23,25,26);1H. The fourth-order valence-corrected chi connectivity index (χ4v) is 3.34. The predicted octanol–water partition coefficient (Wildman–Crippen LogP) is 3.95. The van der Waals surface area contributed by atoms with Gasteiger partial charge in [0.05, 0.1) is 6.54 Å². The summed E-state index contributed by atoms with van der Waals surface area (Å²) in [6.07, 6.45) is 3.95. The highest BCUT2D eigenvalue weighted by Crippen LogP contribution is 2.18. The van der Waals surface area contributed by atoms with Crippen LogP contribution in [0, 0.1) is 0 Å². The van der Waals surface area contributed by atoms with Crippen molar-refractivity contribution in [2.45, 2.75) is 31.9 Å². The van der Waals surface area contributed by atoms with E-state index >= 15 is 0 Å². The summed E-state index contributed by atoms with van der Waals surface area (Å²) in [5.41, 5.74) is 0. The summed E-state index contributed by atoms with van der Waals surface area (Å²) < 4.78 is 5.90. The Morgan fingerprint density at radius 2 is 1.97 bits per heavy atom. The van der Waals surface area contributed by atoms with E-state index in [4.69, 9.17) is 16.3 Å². The number of piperidine rings is 1. The van der Waals surface area contributed by atoms with Crippen LogP contribution in [0.1, 0.15) is 19.8 Å². The average Bonchev–Trinajstić information content (AvgIpc) is 2.74. The van der Waals surface area contributed by atoms with Crippen LogP contribution in [0.15, 0.2) is 53.7 Å². The number of nitrogens with one attached hydrogen (secondary N) is 2. The lowest BCUT2D eigenvalue weighted by Crippen LogP contribution is -2.50. The van der Waals surface area contributed by atoms with Gasteiger partial charge in [0.25, 0.3) is 0 Å². The number of ether oxygens (including phenoxy) is 1. The Labute approximate surface area is 195 Å². The second kappa shape index (κ2) is 12.1. The van der Waals surface area contributed by atoms with Gasteiger partial charge >= 0.3 is 0 Å². The Balaban J connectivity index is 0.00000300. The molecule has 0 radical (unpaired) electrons. The van der Waals surface area contributed by atoms with E-state index in [9.17, 15) is 0 Å². The molecule has 1 aliphatic heterocycles. The van der Waals surface area contributed by atoms with Crippen molar-refractivity contribution in [3.63, 3.8) is 0 Å². The van der Waals surface area contributed by atoms with Gasteiger partial charge in [-0.25, -0.2) is 4.98 Å². The van der Waals surface area contributed by atoms with Gasteiger partial charge in [0.1, 0.15) is 17.7 Å². The third-order valence-corrected chi connectivity index (χ3v) is 4.99. The first-order valence-corrected chi connectivity index (χ1v) is 10.1. The van der Waals surface area contributed by atoms with E-state index in [0.717, 1.165) is 43.5 Å². The van der Waals surface area contributed by atoms with Crippen LogP contribution < -0.4 is 20.3 Å². The van der Waals surface area contributed by atoms with Gasteiger partial charge in [0.15, 0.2) is 5.96 Å². The van der Waals surface area contributed by atoms with Crippen LogP contribution >= 0.6 is 35.6 Å². The van der Waals surface area contributed by atoms with Crippen molar-refractivity contribution in [1.82, 2.24) is 15.6 Å². The number of nitrogens with zero attached hydrogens (tertiary/aromatic N) is 3. The number of pyridine rings is 1. The van der Waals surface area contributed by atoms with Crippen molar-refractivity contribution in [3.05, 3.63) is 53.7 Å². The van der Waals surface area contributed by atoms with Crippen molar-refractivity contribution in [1.29, 1.82) is 0 Å². The highest BCUT2D eigenvalue weighted by Gasteiger charge is 2.20. The number of hydrogen-bond donors (Lipinski definition) is 2. The number of benzene rings is 1. The molecule has 0 bridgehead atoms. The van der Waals surface area contributed by atoms with E-state index in [1.54, 1.807) is 7.05 Å². The zero-order valence-electron chi connectivity index (χ0n) is 16.8. The van der Waals surface area contributed by atoms with Gasteiger partial charge in [-0.3, -0.25) is 4.99 Å². The van der Waals surface area contributed by atoms with Gasteiger partial charge in [-0.2, -0.15) is 0 Å². The van der Waals surface area contributed by atoms with Gasteiger partial charge in [-0.1, -0.05) is 17.7 Å². The molecule has 0 amide bonds. The van der Waals surface area contributed by atoms with Crippen LogP contribution in [-0.2, 0) is 0 Å². The molecule has 8 heteroatoms. The van der Waals surface area contributed by atoms with Crippen LogP contribution in [0.2, 0.25) is 5.02 Å². The van der Waals surface area contributed by atoms with Crippen LogP contribution in [-0.4, -0.2) is 49.8 Å². The minimum Gasteiger partial charge on any atom is -0.489 e. The fourth-order valence-electron chi connectivity index (χ4n) is 3.21. The van der Waals surface area contributed by atoms with Gasteiger partial charge < -0.3 is 20.3 Å². The van der Waals surface area contributed by atoms with Gasteiger partial charge in [0.2, 0.25) is 0 Å². The first kappa shape index (κ1) is 23.5. The van der Waals surface area contributed by atoms with E-state index < -0.39 is 0 Å². The predicted molar refractivity (Wildman–Crippen MR) is 131 cm³/mol. The first-order valence-electron chi connectivity index (χ1n) is 9.69. The molecule has 0 aliphatic carbocycles. The number of aromatic nitrogens is 1. The molecule has 3 rings (SSSR count). The Morgan fingerprint density at radius 3 is 2.59 bits per heavy atom. The van der Waals surface area contributed by atoms with E-state index in [0.29, 0.717) is 17.6 Å². The molecular formula is C21H29ClIN5O. The molecule has 1 atom stereocenters. The van der Waals surface area contributed by atoms with E-state index in [1.807, 2.05) is 49.5 Å². The van der Waals surface area contributed by atoms with Gasteiger partial charge in [0, 0.05) is 37.4 Å². The molecule has 2 heterocycles. The molecule has 0 spiro atoms. The van der Waals surface area contributed by atoms with Crippen molar-refractivity contribution >= 4 is 47.4 Å². The number of halogens is 2. The molecule has 6 nitrogen and oxygen atoms in total. The zero-order chi connectivity index (χ0) is 19.8.